The molecule has 6 heteroatoms. The fraction of sp³-hybridized carbons (Fsp3) is 0.333. The minimum atomic E-state index is -0.222. The summed E-state index contributed by atoms with van der Waals surface area (Å²) < 4.78 is 5.22. The van der Waals surface area contributed by atoms with E-state index in [9.17, 15) is 0 Å². The van der Waals surface area contributed by atoms with Crippen LogP contribution in [0.25, 0.3) is 0 Å². The highest BCUT2D eigenvalue weighted by Crippen LogP contribution is 2.23. The van der Waals surface area contributed by atoms with Crippen molar-refractivity contribution in [2.75, 3.05) is 13.7 Å². The zero-order valence-electron chi connectivity index (χ0n) is 10.4. The lowest BCUT2D eigenvalue weighted by Gasteiger charge is -2.17. The maximum Gasteiger partial charge on any atom is 0.237 e. The van der Waals surface area contributed by atoms with E-state index in [4.69, 9.17) is 4.74 Å². The molecule has 0 fully saturated rings. The number of hydrogen-bond acceptors (Lipinski definition) is 6. The Morgan fingerprint density at radius 3 is 2.50 bits per heavy atom. The molecule has 94 valence electrons. The van der Waals surface area contributed by atoms with E-state index in [1.807, 2.05) is 6.92 Å². The number of methoxy groups -OCH3 is 1. The third kappa shape index (κ3) is 2.60. The van der Waals surface area contributed by atoms with Crippen molar-refractivity contribution in [1.82, 2.24) is 25.3 Å². The monoisotopic (exact) mass is 245 g/mol. The summed E-state index contributed by atoms with van der Waals surface area (Å²) in [5.74, 6) is 1.13. The van der Waals surface area contributed by atoms with Gasteiger partial charge in [0, 0.05) is 24.8 Å². The molecule has 0 saturated heterocycles. The molecule has 1 unspecified atom stereocenters. The summed E-state index contributed by atoms with van der Waals surface area (Å²) in [7, 11) is 1.57. The lowest BCUT2D eigenvalue weighted by Crippen LogP contribution is -2.25. The zero-order valence-corrected chi connectivity index (χ0v) is 10.4. The molecular weight excluding hydrogens is 230 g/mol. The van der Waals surface area contributed by atoms with Crippen LogP contribution in [0.2, 0.25) is 0 Å². The number of aromatic nitrogens is 4. The SMILES string of the molecule is CCNC(c1ncccn1)c1nccnc1OC. The third-order valence-electron chi connectivity index (χ3n) is 2.41. The molecule has 2 rings (SSSR count). The maximum atomic E-state index is 5.22. The number of nitrogens with one attached hydrogen (secondary N) is 1. The van der Waals surface area contributed by atoms with E-state index >= 15 is 0 Å². The number of ether oxygens (including phenoxy) is 1. The Balaban J connectivity index is 2.41. The van der Waals surface area contributed by atoms with E-state index in [2.05, 4.69) is 25.3 Å². The largest absolute Gasteiger partial charge is 0.480 e. The Labute approximate surface area is 105 Å². The van der Waals surface area contributed by atoms with Gasteiger partial charge >= 0.3 is 0 Å². The van der Waals surface area contributed by atoms with Gasteiger partial charge in [0.1, 0.15) is 11.7 Å². The molecule has 1 atom stereocenters. The third-order valence-corrected chi connectivity index (χ3v) is 2.41. The van der Waals surface area contributed by atoms with Crippen LogP contribution in [0.5, 0.6) is 5.88 Å². The second kappa shape index (κ2) is 6.02. The quantitative estimate of drug-likeness (QED) is 0.846. The van der Waals surface area contributed by atoms with Gasteiger partial charge in [-0.2, -0.15) is 0 Å². The summed E-state index contributed by atoms with van der Waals surface area (Å²) in [6, 6.07) is 1.56. The maximum absolute atomic E-state index is 5.22. The van der Waals surface area contributed by atoms with Crippen molar-refractivity contribution < 1.29 is 4.74 Å². The molecule has 0 saturated carbocycles. The first-order valence-corrected chi connectivity index (χ1v) is 5.72. The summed E-state index contributed by atoms with van der Waals surface area (Å²) in [5.41, 5.74) is 0.688. The van der Waals surface area contributed by atoms with Crippen LogP contribution in [0.15, 0.2) is 30.9 Å². The van der Waals surface area contributed by atoms with E-state index in [0.717, 1.165) is 6.54 Å². The van der Waals surface area contributed by atoms with Crippen molar-refractivity contribution in [2.24, 2.45) is 0 Å². The van der Waals surface area contributed by atoms with Crippen LogP contribution >= 0.6 is 0 Å². The molecule has 0 bridgehead atoms. The van der Waals surface area contributed by atoms with E-state index in [-0.39, 0.29) is 6.04 Å². The Bertz CT molecular complexity index is 491. The number of rotatable bonds is 5. The van der Waals surface area contributed by atoms with Gasteiger partial charge in [-0.3, -0.25) is 4.98 Å². The standard InChI is InChI=1S/C12H15N5O/c1-3-13-9(11-15-5-4-6-16-11)10-12(18-2)17-8-7-14-10/h4-9,13H,3H2,1-2H3. The molecule has 0 aromatic carbocycles. The van der Waals surface area contributed by atoms with Crippen LogP contribution in [0, 0.1) is 0 Å². The summed E-state index contributed by atoms with van der Waals surface area (Å²) >= 11 is 0. The Hall–Kier alpha value is -2.08. The second-order valence-electron chi connectivity index (χ2n) is 3.55. The molecule has 0 aliphatic carbocycles. The molecule has 2 aromatic rings. The van der Waals surface area contributed by atoms with Gasteiger partial charge in [0.15, 0.2) is 5.82 Å². The minimum Gasteiger partial charge on any atom is -0.480 e. The molecule has 0 radical (unpaired) electrons. The molecule has 1 N–H and O–H groups in total. The van der Waals surface area contributed by atoms with E-state index in [1.54, 1.807) is 38.0 Å². The van der Waals surface area contributed by atoms with E-state index < -0.39 is 0 Å². The van der Waals surface area contributed by atoms with Crippen LogP contribution in [0.1, 0.15) is 24.5 Å². The first kappa shape index (κ1) is 12.4. The smallest absolute Gasteiger partial charge is 0.237 e. The first-order valence-electron chi connectivity index (χ1n) is 5.72. The fourth-order valence-electron chi connectivity index (χ4n) is 1.67. The highest BCUT2D eigenvalue weighted by Gasteiger charge is 2.21. The molecule has 0 aliphatic rings. The molecule has 2 heterocycles. The van der Waals surface area contributed by atoms with Crippen molar-refractivity contribution in [3.05, 3.63) is 42.4 Å². The molecule has 2 aromatic heterocycles. The van der Waals surface area contributed by atoms with Crippen molar-refractivity contribution >= 4 is 0 Å². The zero-order chi connectivity index (χ0) is 12.8. The molecule has 6 nitrogen and oxygen atoms in total. The lowest BCUT2D eigenvalue weighted by molar-refractivity contribution is 0.381. The average molecular weight is 245 g/mol. The van der Waals surface area contributed by atoms with E-state index in [0.29, 0.717) is 17.4 Å². The van der Waals surface area contributed by atoms with Gasteiger partial charge in [-0.1, -0.05) is 6.92 Å². The van der Waals surface area contributed by atoms with Crippen molar-refractivity contribution in [3.8, 4) is 5.88 Å². The van der Waals surface area contributed by atoms with Crippen molar-refractivity contribution in [2.45, 2.75) is 13.0 Å². The summed E-state index contributed by atoms with van der Waals surface area (Å²) in [6.07, 6.45) is 6.63. The average Bonchev–Trinajstić information content (AvgIpc) is 2.46. The van der Waals surface area contributed by atoms with Crippen LogP contribution in [-0.4, -0.2) is 33.6 Å². The fourth-order valence-corrected chi connectivity index (χ4v) is 1.67. The molecule has 18 heavy (non-hydrogen) atoms. The van der Waals surface area contributed by atoms with E-state index in [1.165, 1.54) is 0 Å². The highest BCUT2D eigenvalue weighted by atomic mass is 16.5. The molecule has 0 amide bonds. The van der Waals surface area contributed by atoms with Crippen LogP contribution < -0.4 is 10.1 Å². The molecule has 0 aliphatic heterocycles. The van der Waals surface area contributed by atoms with Crippen molar-refractivity contribution in [3.63, 3.8) is 0 Å². The topological polar surface area (TPSA) is 72.8 Å². The van der Waals surface area contributed by atoms with Gasteiger partial charge in [-0.05, 0) is 12.6 Å². The second-order valence-corrected chi connectivity index (χ2v) is 3.55. The summed E-state index contributed by atoms with van der Waals surface area (Å²) in [6.45, 7) is 2.78. The van der Waals surface area contributed by atoms with Crippen LogP contribution in [0.3, 0.4) is 0 Å². The predicted octanol–water partition coefficient (Wildman–Crippen LogP) is 0.974. The Morgan fingerprint density at radius 2 is 1.83 bits per heavy atom. The predicted molar refractivity (Wildman–Crippen MR) is 66.1 cm³/mol. The van der Waals surface area contributed by atoms with Crippen LogP contribution in [0.4, 0.5) is 0 Å². The van der Waals surface area contributed by atoms with Gasteiger partial charge in [0.2, 0.25) is 5.88 Å². The molecule has 0 spiro atoms. The normalized spacial score (nSPS) is 12.1. The summed E-state index contributed by atoms with van der Waals surface area (Å²) in [4.78, 5) is 17.0. The number of hydrogen-bond donors (Lipinski definition) is 1. The first-order chi connectivity index (χ1) is 8.86. The minimum absolute atomic E-state index is 0.222. The van der Waals surface area contributed by atoms with Gasteiger partial charge in [0.05, 0.1) is 7.11 Å². The summed E-state index contributed by atoms with van der Waals surface area (Å²) in [5, 5.41) is 3.28. The number of nitrogens with zero attached hydrogens (tertiary/aromatic N) is 4. The highest BCUT2D eigenvalue weighted by molar-refractivity contribution is 5.26. The van der Waals surface area contributed by atoms with Gasteiger partial charge < -0.3 is 10.1 Å². The van der Waals surface area contributed by atoms with Gasteiger partial charge in [-0.25, -0.2) is 15.0 Å². The van der Waals surface area contributed by atoms with Crippen molar-refractivity contribution in [1.29, 1.82) is 0 Å². The van der Waals surface area contributed by atoms with Gasteiger partial charge in [-0.15, -0.1) is 0 Å². The lowest BCUT2D eigenvalue weighted by atomic mass is 10.2. The van der Waals surface area contributed by atoms with Crippen LogP contribution in [-0.2, 0) is 0 Å². The Morgan fingerprint density at radius 1 is 1.11 bits per heavy atom. The van der Waals surface area contributed by atoms with Gasteiger partial charge in [0.25, 0.3) is 0 Å². The Kier molecular flexibility index (Phi) is 4.14. The molecular formula is C12H15N5O.